The number of fused-ring (bicyclic) bond motifs is 1. The number of rotatable bonds is 4. The molecule has 4 rings (SSSR count). The van der Waals surface area contributed by atoms with Crippen LogP contribution < -0.4 is 10.2 Å². The van der Waals surface area contributed by atoms with E-state index in [2.05, 4.69) is 5.32 Å². The van der Waals surface area contributed by atoms with Crippen LogP contribution in [0.4, 0.5) is 11.4 Å². The van der Waals surface area contributed by atoms with E-state index in [1.165, 1.54) is 4.90 Å². The van der Waals surface area contributed by atoms with Crippen molar-refractivity contribution < 1.29 is 19.1 Å². The Bertz CT molecular complexity index is 969. The van der Waals surface area contributed by atoms with Gasteiger partial charge < -0.3 is 15.0 Å². The number of esters is 1. The van der Waals surface area contributed by atoms with Crippen LogP contribution in [0.25, 0.3) is 0 Å². The Morgan fingerprint density at radius 2 is 1.86 bits per heavy atom. The van der Waals surface area contributed by atoms with Crippen LogP contribution in [0.15, 0.2) is 48.5 Å². The van der Waals surface area contributed by atoms with Crippen LogP contribution in [0.3, 0.4) is 0 Å². The van der Waals surface area contributed by atoms with E-state index in [1.54, 1.807) is 43.3 Å². The lowest BCUT2D eigenvalue weighted by Gasteiger charge is -2.28. The lowest BCUT2D eigenvalue weighted by Crippen LogP contribution is -2.42. The molecule has 2 aliphatic rings. The monoisotopic (exact) mass is 412 g/mol. The van der Waals surface area contributed by atoms with Crippen LogP contribution in [0.1, 0.15) is 31.7 Å². The molecule has 0 aromatic heterocycles. The zero-order chi connectivity index (χ0) is 20.6. The number of carbonyl (C=O) groups excluding carboxylic acids is 3. The Morgan fingerprint density at radius 1 is 1.17 bits per heavy atom. The van der Waals surface area contributed by atoms with Gasteiger partial charge in [-0.3, -0.25) is 14.4 Å². The van der Waals surface area contributed by atoms with Crippen molar-refractivity contribution in [3.63, 3.8) is 0 Å². The first-order chi connectivity index (χ1) is 13.9. The average molecular weight is 413 g/mol. The molecule has 0 spiro atoms. The minimum atomic E-state index is -0.690. The van der Waals surface area contributed by atoms with E-state index in [4.69, 9.17) is 16.3 Å². The molecule has 1 heterocycles. The van der Waals surface area contributed by atoms with E-state index in [-0.39, 0.29) is 30.9 Å². The second-order valence-corrected chi connectivity index (χ2v) is 7.98. The fraction of sp³-hybridized carbons (Fsp3) is 0.318. The number of amides is 2. The first-order valence-corrected chi connectivity index (χ1v) is 9.93. The van der Waals surface area contributed by atoms with Crippen molar-refractivity contribution in [2.24, 2.45) is 0 Å². The summed E-state index contributed by atoms with van der Waals surface area (Å²) in [6.07, 6.45) is 1.54. The van der Waals surface area contributed by atoms with Gasteiger partial charge >= 0.3 is 5.97 Å². The molecular weight excluding hydrogens is 392 g/mol. The number of ether oxygens (including phenoxy) is 1. The van der Waals surface area contributed by atoms with Gasteiger partial charge in [0.05, 0.1) is 16.8 Å². The maximum absolute atomic E-state index is 13.0. The molecule has 150 valence electrons. The van der Waals surface area contributed by atoms with Gasteiger partial charge in [-0.2, -0.15) is 0 Å². The first kappa shape index (κ1) is 19.5. The first-order valence-electron chi connectivity index (χ1n) is 9.55. The fourth-order valence-electron chi connectivity index (χ4n) is 3.81. The molecule has 1 N–H and O–H groups in total. The summed E-state index contributed by atoms with van der Waals surface area (Å²) < 4.78 is 5.43. The molecule has 0 radical (unpaired) electrons. The van der Waals surface area contributed by atoms with Crippen molar-refractivity contribution in [2.45, 2.75) is 37.6 Å². The third-order valence-electron chi connectivity index (χ3n) is 5.49. The zero-order valence-corrected chi connectivity index (χ0v) is 16.7. The van der Waals surface area contributed by atoms with Gasteiger partial charge in [-0.25, -0.2) is 0 Å². The molecule has 1 aliphatic carbocycles. The largest absolute Gasteiger partial charge is 0.455 e. The molecule has 2 aromatic rings. The van der Waals surface area contributed by atoms with Crippen LogP contribution in [-0.4, -0.2) is 30.4 Å². The molecule has 6 nitrogen and oxygen atoms in total. The highest BCUT2D eigenvalue weighted by atomic mass is 35.5. The normalized spacial score (nSPS) is 19.6. The van der Waals surface area contributed by atoms with Gasteiger partial charge in [0.15, 0.2) is 6.61 Å². The summed E-state index contributed by atoms with van der Waals surface area (Å²) in [6, 6.07) is 13.9. The van der Waals surface area contributed by atoms with Gasteiger partial charge in [0.1, 0.15) is 0 Å². The second kappa shape index (κ2) is 7.52. The number of nitrogens with one attached hydrogen (secondary N) is 1. The van der Waals surface area contributed by atoms with Crippen molar-refractivity contribution >= 4 is 40.8 Å². The number of carbonyl (C=O) groups is 3. The molecule has 29 heavy (non-hydrogen) atoms. The molecule has 2 aromatic carbocycles. The van der Waals surface area contributed by atoms with E-state index in [0.29, 0.717) is 29.2 Å². The number of para-hydroxylation sites is 2. The van der Waals surface area contributed by atoms with Gasteiger partial charge in [0.2, 0.25) is 5.91 Å². The summed E-state index contributed by atoms with van der Waals surface area (Å²) in [5.74, 6) is -0.920. The molecule has 0 bridgehead atoms. The summed E-state index contributed by atoms with van der Waals surface area (Å²) in [6.45, 7) is 1.43. The van der Waals surface area contributed by atoms with Crippen LogP contribution >= 0.6 is 11.6 Å². The standard InChI is InChI=1S/C22H21ClN2O4/c1-14-12-19(26)24-17-4-2-3-5-18(17)25(14)20(27)13-29-21(28)22(10-11-22)15-6-8-16(23)9-7-15/h2-9,14H,10-13H2,1H3,(H,24,26)/t14-/m0/s1. The highest BCUT2D eigenvalue weighted by molar-refractivity contribution is 6.30. The van der Waals surface area contributed by atoms with Crippen LogP contribution in [0.5, 0.6) is 0 Å². The lowest BCUT2D eigenvalue weighted by molar-refractivity contribution is -0.150. The molecular formula is C22H21ClN2O4. The predicted molar refractivity (Wildman–Crippen MR) is 110 cm³/mol. The molecule has 1 aliphatic heterocycles. The molecule has 1 fully saturated rings. The predicted octanol–water partition coefficient (Wildman–Crippen LogP) is 3.68. The Hall–Kier alpha value is -2.86. The Labute approximate surface area is 173 Å². The van der Waals surface area contributed by atoms with Crippen LogP contribution in [-0.2, 0) is 24.5 Å². The van der Waals surface area contributed by atoms with Gasteiger partial charge in [-0.15, -0.1) is 0 Å². The van der Waals surface area contributed by atoms with E-state index >= 15 is 0 Å². The van der Waals surface area contributed by atoms with Crippen molar-refractivity contribution in [3.8, 4) is 0 Å². The zero-order valence-electron chi connectivity index (χ0n) is 16.0. The van der Waals surface area contributed by atoms with Gasteiger partial charge in [-0.05, 0) is 49.6 Å². The minimum Gasteiger partial charge on any atom is -0.455 e. The third kappa shape index (κ3) is 3.72. The van der Waals surface area contributed by atoms with E-state index < -0.39 is 11.4 Å². The number of benzene rings is 2. The van der Waals surface area contributed by atoms with Gasteiger partial charge in [0, 0.05) is 17.5 Å². The molecule has 1 saturated carbocycles. The smallest absolute Gasteiger partial charge is 0.317 e. The Kier molecular flexibility index (Phi) is 5.04. The Morgan fingerprint density at radius 3 is 2.55 bits per heavy atom. The SMILES string of the molecule is C[C@H]1CC(=O)Nc2ccccc2N1C(=O)COC(=O)C1(c2ccc(Cl)cc2)CC1. The lowest BCUT2D eigenvalue weighted by atomic mass is 9.96. The Balaban J connectivity index is 1.49. The van der Waals surface area contributed by atoms with Crippen molar-refractivity contribution in [1.29, 1.82) is 0 Å². The summed E-state index contributed by atoms with van der Waals surface area (Å²) >= 11 is 5.93. The van der Waals surface area contributed by atoms with E-state index in [9.17, 15) is 14.4 Å². The van der Waals surface area contributed by atoms with Crippen molar-refractivity contribution in [1.82, 2.24) is 0 Å². The molecule has 7 heteroatoms. The highest BCUT2D eigenvalue weighted by Crippen LogP contribution is 2.49. The maximum atomic E-state index is 13.0. The van der Waals surface area contributed by atoms with Gasteiger partial charge in [-0.1, -0.05) is 35.9 Å². The molecule has 1 atom stereocenters. The van der Waals surface area contributed by atoms with Crippen molar-refractivity contribution in [2.75, 3.05) is 16.8 Å². The molecule has 2 amide bonds. The second-order valence-electron chi connectivity index (χ2n) is 7.55. The maximum Gasteiger partial charge on any atom is 0.317 e. The molecule has 0 unspecified atom stereocenters. The summed E-state index contributed by atoms with van der Waals surface area (Å²) in [5.41, 5.74) is 1.33. The number of anilines is 2. The summed E-state index contributed by atoms with van der Waals surface area (Å²) in [5, 5.41) is 3.41. The van der Waals surface area contributed by atoms with Crippen LogP contribution in [0.2, 0.25) is 5.02 Å². The highest BCUT2D eigenvalue weighted by Gasteiger charge is 2.53. The number of nitrogens with zero attached hydrogens (tertiary/aromatic N) is 1. The molecule has 0 saturated heterocycles. The minimum absolute atomic E-state index is 0.156. The quantitative estimate of drug-likeness (QED) is 0.777. The third-order valence-corrected chi connectivity index (χ3v) is 5.74. The summed E-state index contributed by atoms with van der Waals surface area (Å²) in [7, 11) is 0. The van der Waals surface area contributed by atoms with Gasteiger partial charge in [0.25, 0.3) is 5.91 Å². The summed E-state index contributed by atoms with van der Waals surface area (Å²) in [4.78, 5) is 39.3. The topological polar surface area (TPSA) is 75.7 Å². The fourth-order valence-corrected chi connectivity index (χ4v) is 3.93. The van der Waals surface area contributed by atoms with Crippen LogP contribution in [0, 0.1) is 0 Å². The van der Waals surface area contributed by atoms with Crippen molar-refractivity contribution in [3.05, 3.63) is 59.1 Å². The van der Waals surface area contributed by atoms with E-state index in [0.717, 1.165) is 5.56 Å². The number of hydrogen-bond acceptors (Lipinski definition) is 4. The number of hydrogen-bond donors (Lipinski definition) is 1. The van der Waals surface area contributed by atoms with E-state index in [1.807, 2.05) is 12.1 Å². The number of halogens is 1. The average Bonchev–Trinajstić information content (AvgIpc) is 3.50.